The lowest BCUT2D eigenvalue weighted by atomic mass is 10.1. The molecule has 222 valence electrons. The van der Waals surface area contributed by atoms with E-state index in [-0.39, 0.29) is 13.2 Å². The highest BCUT2D eigenvalue weighted by Crippen LogP contribution is 2.19. The van der Waals surface area contributed by atoms with Gasteiger partial charge in [0, 0.05) is 17.5 Å². The maximum atomic E-state index is 12.3. The second-order valence-electron chi connectivity index (χ2n) is 9.62. The van der Waals surface area contributed by atoms with Crippen LogP contribution < -0.4 is 20.9 Å². The third-order valence-electron chi connectivity index (χ3n) is 6.09. The van der Waals surface area contributed by atoms with Crippen LogP contribution in [0.1, 0.15) is 71.7 Å². The van der Waals surface area contributed by atoms with Crippen LogP contribution >= 0.6 is 0 Å². The Labute approximate surface area is 246 Å². The first kappa shape index (κ1) is 31.7. The highest BCUT2D eigenvalue weighted by atomic mass is 16.5. The molecular weight excluding hydrogens is 536 g/mol. The molecule has 0 amide bonds. The topological polar surface area (TPSA) is 140 Å². The Kier molecular flexibility index (Phi) is 12.9. The zero-order chi connectivity index (χ0) is 30.2. The first-order chi connectivity index (χ1) is 20.3. The number of esters is 3. The second-order valence-corrected chi connectivity index (χ2v) is 9.62. The van der Waals surface area contributed by atoms with Gasteiger partial charge in [0.15, 0.2) is 0 Å². The Bertz CT molecular complexity index is 1320. The predicted octanol–water partition coefficient (Wildman–Crippen LogP) is 6.22. The van der Waals surface area contributed by atoms with Crippen molar-refractivity contribution in [2.75, 3.05) is 31.3 Å². The summed E-state index contributed by atoms with van der Waals surface area (Å²) < 4.78 is 21.5. The zero-order valence-electron chi connectivity index (χ0n) is 23.9. The average molecular weight is 575 g/mol. The summed E-state index contributed by atoms with van der Waals surface area (Å²) in [4.78, 5) is 36.6. The van der Waals surface area contributed by atoms with Crippen molar-refractivity contribution in [2.24, 2.45) is 0 Å². The van der Waals surface area contributed by atoms with Gasteiger partial charge in [-0.1, -0.05) is 31.9 Å². The zero-order valence-corrected chi connectivity index (χ0v) is 23.9. The van der Waals surface area contributed by atoms with Crippen molar-refractivity contribution < 1.29 is 33.3 Å². The van der Waals surface area contributed by atoms with Crippen LogP contribution in [-0.4, -0.2) is 37.7 Å². The maximum Gasteiger partial charge on any atom is 0.338 e. The van der Waals surface area contributed by atoms with E-state index in [0.717, 1.165) is 37.0 Å². The Balaban J connectivity index is 1.31. The van der Waals surface area contributed by atoms with E-state index in [1.54, 1.807) is 60.7 Å². The molecule has 0 heterocycles. The van der Waals surface area contributed by atoms with Crippen LogP contribution in [0.15, 0.2) is 72.8 Å². The van der Waals surface area contributed by atoms with Gasteiger partial charge in [-0.05, 0) is 91.9 Å². The number of rotatable bonds is 16. The molecule has 0 radical (unpaired) electrons. The normalized spacial score (nSPS) is 10.8. The molecule has 0 aromatic heterocycles. The average Bonchev–Trinajstić information content (AvgIpc) is 2.98. The SMILES string of the molecule is CCCCCOc1ccc(OC(=O)/C=C/c2ccc(C(=O)OCCCCCOC(=O)c3cc(N)cc(N)c3)cc2)cc1. The lowest BCUT2D eigenvalue weighted by Crippen LogP contribution is -2.09. The molecule has 0 bridgehead atoms. The molecule has 0 unspecified atom stereocenters. The van der Waals surface area contributed by atoms with Gasteiger partial charge >= 0.3 is 17.9 Å². The molecule has 9 nitrogen and oxygen atoms in total. The van der Waals surface area contributed by atoms with E-state index >= 15 is 0 Å². The van der Waals surface area contributed by atoms with E-state index in [0.29, 0.717) is 47.7 Å². The Morgan fingerprint density at radius 3 is 1.86 bits per heavy atom. The first-order valence-corrected chi connectivity index (χ1v) is 14.1. The number of ether oxygens (including phenoxy) is 4. The van der Waals surface area contributed by atoms with E-state index in [2.05, 4.69) is 6.92 Å². The number of nitrogen functional groups attached to an aromatic ring is 2. The second kappa shape index (κ2) is 17.1. The Morgan fingerprint density at radius 1 is 0.667 bits per heavy atom. The molecule has 0 fully saturated rings. The first-order valence-electron chi connectivity index (χ1n) is 14.1. The molecule has 0 atom stereocenters. The number of carbonyl (C=O) groups is 3. The third kappa shape index (κ3) is 11.4. The molecule has 3 aromatic carbocycles. The molecule has 0 saturated heterocycles. The summed E-state index contributed by atoms with van der Waals surface area (Å²) in [5.41, 5.74) is 13.6. The van der Waals surface area contributed by atoms with E-state index in [1.165, 1.54) is 18.2 Å². The molecule has 42 heavy (non-hydrogen) atoms. The monoisotopic (exact) mass is 574 g/mol. The van der Waals surface area contributed by atoms with Crippen molar-refractivity contribution in [1.29, 1.82) is 0 Å². The molecule has 3 rings (SSSR count). The van der Waals surface area contributed by atoms with Gasteiger partial charge in [-0.2, -0.15) is 0 Å². The van der Waals surface area contributed by atoms with Crippen molar-refractivity contribution in [1.82, 2.24) is 0 Å². The molecule has 4 N–H and O–H groups in total. The van der Waals surface area contributed by atoms with Crippen LogP contribution in [0.4, 0.5) is 11.4 Å². The molecule has 3 aromatic rings. The number of benzene rings is 3. The van der Waals surface area contributed by atoms with Crippen molar-refractivity contribution in [3.8, 4) is 11.5 Å². The minimum absolute atomic E-state index is 0.241. The van der Waals surface area contributed by atoms with Gasteiger partial charge in [0.2, 0.25) is 0 Å². The lowest BCUT2D eigenvalue weighted by molar-refractivity contribution is -0.128. The van der Waals surface area contributed by atoms with Crippen molar-refractivity contribution >= 4 is 35.4 Å². The fourth-order valence-corrected chi connectivity index (χ4v) is 3.86. The minimum Gasteiger partial charge on any atom is -0.494 e. The number of hydrogen-bond donors (Lipinski definition) is 2. The maximum absolute atomic E-state index is 12.3. The van der Waals surface area contributed by atoms with Crippen LogP contribution in [0, 0.1) is 0 Å². The molecule has 0 aliphatic carbocycles. The summed E-state index contributed by atoms with van der Waals surface area (Å²) in [7, 11) is 0. The molecule has 0 aliphatic rings. The van der Waals surface area contributed by atoms with E-state index in [1.807, 2.05) is 0 Å². The molecule has 0 saturated carbocycles. The highest BCUT2D eigenvalue weighted by Gasteiger charge is 2.10. The summed E-state index contributed by atoms with van der Waals surface area (Å²) in [6.07, 6.45) is 8.18. The van der Waals surface area contributed by atoms with Gasteiger partial charge in [-0.25, -0.2) is 14.4 Å². The number of nitrogens with two attached hydrogens (primary N) is 2. The summed E-state index contributed by atoms with van der Waals surface area (Å²) in [6.45, 7) is 3.29. The van der Waals surface area contributed by atoms with Crippen molar-refractivity contribution in [3.63, 3.8) is 0 Å². The van der Waals surface area contributed by atoms with Crippen LogP contribution in [0.3, 0.4) is 0 Å². The number of hydrogen-bond acceptors (Lipinski definition) is 9. The van der Waals surface area contributed by atoms with Crippen molar-refractivity contribution in [2.45, 2.75) is 45.4 Å². The largest absolute Gasteiger partial charge is 0.494 e. The van der Waals surface area contributed by atoms with Gasteiger partial charge in [0.25, 0.3) is 0 Å². The smallest absolute Gasteiger partial charge is 0.338 e. The number of carbonyl (C=O) groups excluding carboxylic acids is 3. The predicted molar refractivity (Wildman–Crippen MR) is 162 cm³/mol. The quantitative estimate of drug-likeness (QED) is 0.0670. The van der Waals surface area contributed by atoms with Gasteiger partial charge in [0.1, 0.15) is 11.5 Å². The highest BCUT2D eigenvalue weighted by molar-refractivity contribution is 5.92. The third-order valence-corrected chi connectivity index (χ3v) is 6.09. The van der Waals surface area contributed by atoms with Crippen LogP contribution in [0.5, 0.6) is 11.5 Å². The fourth-order valence-electron chi connectivity index (χ4n) is 3.86. The van der Waals surface area contributed by atoms with E-state index in [4.69, 9.17) is 30.4 Å². The molecule has 0 aliphatic heterocycles. The van der Waals surface area contributed by atoms with Gasteiger partial charge < -0.3 is 30.4 Å². The summed E-state index contributed by atoms with van der Waals surface area (Å²) in [5, 5.41) is 0. The van der Waals surface area contributed by atoms with E-state index in [9.17, 15) is 14.4 Å². The fraction of sp³-hybridized carbons (Fsp3) is 0.303. The lowest BCUT2D eigenvalue weighted by Gasteiger charge is -2.07. The van der Waals surface area contributed by atoms with Gasteiger partial charge in [-0.15, -0.1) is 0 Å². The van der Waals surface area contributed by atoms with Crippen molar-refractivity contribution in [3.05, 3.63) is 89.5 Å². The standard InChI is InChI=1S/C33H38N2O7/c1-2-3-5-18-39-29-13-15-30(16-14-29)42-31(36)17-10-24-8-11-25(12-9-24)32(37)40-19-6-4-7-20-41-33(38)26-21-27(34)23-28(35)22-26/h8-17,21-23H,2-7,18-20,34-35H2,1H3/b17-10+. The summed E-state index contributed by atoms with van der Waals surface area (Å²) >= 11 is 0. The van der Waals surface area contributed by atoms with E-state index < -0.39 is 17.9 Å². The number of anilines is 2. The van der Waals surface area contributed by atoms with Crippen LogP contribution in [0.25, 0.3) is 6.08 Å². The van der Waals surface area contributed by atoms with Gasteiger partial charge in [0.05, 0.1) is 30.9 Å². The number of unbranched alkanes of at least 4 members (excludes halogenated alkanes) is 4. The molecular formula is C33H38N2O7. The Hall–Kier alpha value is -4.79. The molecule has 9 heteroatoms. The van der Waals surface area contributed by atoms with Crippen LogP contribution in [-0.2, 0) is 14.3 Å². The summed E-state index contributed by atoms with van der Waals surface area (Å²) in [6, 6.07) is 18.2. The van der Waals surface area contributed by atoms with Gasteiger partial charge in [-0.3, -0.25) is 0 Å². The Morgan fingerprint density at radius 2 is 1.24 bits per heavy atom. The molecule has 0 spiro atoms. The summed E-state index contributed by atoms with van der Waals surface area (Å²) in [5.74, 6) is -0.273. The minimum atomic E-state index is -0.515. The van der Waals surface area contributed by atoms with Crippen LogP contribution in [0.2, 0.25) is 0 Å².